The smallest absolute Gasteiger partial charge is 0.338 e. The van der Waals surface area contributed by atoms with Gasteiger partial charge < -0.3 is 14.2 Å². The molecule has 31 heavy (non-hydrogen) atoms. The number of carbonyl (C=O) groups excluding carboxylic acids is 3. The topological polar surface area (TPSA) is 78.9 Å². The Hall–Kier alpha value is -3.67. The fraction of sp³-hybridized carbons (Fsp3) is 0.240. The van der Waals surface area contributed by atoms with Gasteiger partial charge in [0.05, 0.1) is 30.9 Å². The minimum absolute atomic E-state index is 0.113. The average Bonchev–Trinajstić information content (AvgIpc) is 2.78. The molecule has 0 unspecified atom stereocenters. The molecule has 0 aromatic heterocycles. The van der Waals surface area contributed by atoms with Crippen LogP contribution in [0.15, 0.2) is 60.2 Å². The third kappa shape index (κ3) is 4.58. The lowest BCUT2D eigenvalue weighted by Crippen LogP contribution is -2.19. The van der Waals surface area contributed by atoms with Crippen LogP contribution in [0.5, 0.6) is 11.5 Å². The van der Waals surface area contributed by atoms with Crippen LogP contribution in [0.3, 0.4) is 0 Å². The number of fused-ring (bicyclic) bond motifs is 1. The van der Waals surface area contributed by atoms with Crippen molar-refractivity contribution in [3.05, 3.63) is 82.5 Å². The van der Waals surface area contributed by atoms with Crippen molar-refractivity contribution in [2.45, 2.75) is 26.4 Å². The predicted molar refractivity (Wildman–Crippen MR) is 116 cm³/mol. The number of carbonyl (C=O) groups is 3. The van der Waals surface area contributed by atoms with E-state index in [1.54, 1.807) is 30.3 Å². The zero-order valence-electron chi connectivity index (χ0n) is 17.9. The molecule has 0 saturated carbocycles. The summed E-state index contributed by atoms with van der Waals surface area (Å²) in [4.78, 5) is 37.9. The minimum atomic E-state index is -0.759. The van der Waals surface area contributed by atoms with Gasteiger partial charge in [-0.3, -0.25) is 9.59 Å². The molecule has 3 rings (SSSR count). The molecule has 1 atom stereocenters. The highest BCUT2D eigenvalue weighted by atomic mass is 16.5. The number of ether oxygens (including phenoxy) is 3. The molecule has 6 nitrogen and oxygen atoms in total. The van der Waals surface area contributed by atoms with Crippen molar-refractivity contribution in [3.63, 3.8) is 0 Å². The fourth-order valence-electron chi connectivity index (χ4n) is 3.43. The molecule has 0 saturated heterocycles. The van der Waals surface area contributed by atoms with Gasteiger partial charge in [0.15, 0.2) is 11.6 Å². The van der Waals surface area contributed by atoms with Crippen LogP contribution in [-0.2, 0) is 4.74 Å². The molecule has 0 bridgehead atoms. The molecule has 0 aliphatic heterocycles. The third-order valence-corrected chi connectivity index (χ3v) is 4.92. The predicted octanol–water partition coefficient (Wildman–Crippen LogP) is 4.89. The van der Waals surface area contributed by atoms with Crippen molar-refractivity contribution < 1.29 is 28.6 Å². The summed E-state index contributed by atoms with van der Waals surface area (Å²) in [6.45, 7) is 3.88. The maximum atomic E-state index is 12.8. The molecule has 0 N–H and O–H groups in total. The van der Waals surface area contributed by atoms with E-state index in [2.05, 4.69) is 0 Å². The lowest BCUT2D eigenvalue weighted by Gasteiger charge is -2.24. The summed E-state index contributed by atoms with van der Waals surface area (Å²) < 4.78 is 16.8. The van der Waals surface area contributed by atoms with Crippen LogP contribution >= 0.6 is 0 Å². The Morgan fingerprint density at radius 2 is 1.61 bits per heavy atom. The molecule has 160 valence electrons. The van der Waals surface area contributed by atoms with Crippen LogP contribution in [0.1, 0.15) is 63.0 Å². The van der Waals surface area contributed by atoms with Gasteiger partial charge >= 0.3 is 5.97 Å². The van der Waals surface area contributed by atoms with Crippen LogP contribution in [0, 0.1) is 0 Å². The molecule has 2 aromatic carbocycles. The number of hydrogen-bond donors (Lipinski definition) is 0. The lowest BCUT2D eigenvalue weighted by atomic mass is 9.88. The molecule has 0 heterocycles. The van der Waals surface area contributed by atoms with Crippen LogP contribution in [0.25, 0.3) is 0 Å². The quantitative estimate of drug-likeness (QED) is 0.469. The number of ketones is 2. The third-order valence-electron chi connectivity index (χ3n) is 4.92. The first kappa shape index (κ1) is 22.0. The van der Waals surface area contributed by atoms with E-state index < -0.39 is 12.1 Å². The van der Waals surface area contributed by atoms with Gasteiger partial charge in [-0.1, -0.05) is 29.8 Å². The number of rotatable bonds is 7. The Balaban J connectivity index is 2.15. The van der Waals surface area contributed by atoms with Crippen molar-refractivity contribution in [3.8, 4) is 11.5 Å². The highest BCUT2D eigenvalue weighted by Crippen LogP contribution is 2.42. The normalized spacial score (nSPS) is 13.3. The summed E-state index contributed by atoms with van der Waals surface area (Å²) in [6.07, 6.45) is 3.95. The van der Waals surface area contributed by atoms with Gasteiger partial charge in [-0.05, 0) is 44.2 Å². The van der Waals surface area contributed by atoms with E-state index in [1.165, 1.54) is 26.4 Å². The standard InChI is InChI=1S/C25H24O6/c1-15(2)10-13-20(31-25(28)16-8-6-5-7-9-16)17-14-21(29-3)22-18(26)11-12-19(27)23(22)24(17)30-4/h5-12,14,20H,13H2,1-4H3/t20-/m1/s1. The minimum Gasteiger partial charge on any atom is -0.496 e. The summed E-state index contributed by atoms with van der Waals surface area (Å²) >= 11 is 0. The van der Waals surface area contributed by atoms with E-state index in [9.17, 15) is 14.4 Å². The maximum absolute atomic E-state index is 12.8. The van der Waals surface area contributed by atoms with Gasteiger partial charge in [0.1, 0.15) is 17.6 Å². The van der Waals surface area contributed by atoms with E-state index in [-0.39, 0.29) is 34.2 Å². The highest BCUT2D eigenvalue weighted by molar-refractivity contribution is 6.24. The number of hydrogen-bond acceptors (Lipinski definition) is 6. The van der Waals surface area contributed by atoms with Gasteiger partial charge in [0.25, 0.3) is 0 Å². The zero-order chi connectivity index (χ0) is 22.5. The number of benzene rings is 2. The lowest BCUT2D eigenvalue weighted by molar-refractivity contribution is 0.0297. The first-order valence-electron chi connectivity index (χ1n) is 9.82. The molecule has 6 heteroatoms. The summed E-state index contributed by atoms with van der Waals surface area (Å²) in [7, 11) is 2.83. The second kappa shape index (κ2) is 9.43. The highest BCUT2D eigenvalue weighted by Gasteiger charge is 2.33. The van der Waals surface area contributed by atoms with Crippen LogP contribution in [0.2, 0.25) is 0 Å². The van der Waals surface area contributed by atoms with E-state index in [4.69, 9.17) is 14.2 Å². The fourth-order valence-corrected chi connectivity index (χ4v) is 3.43. The van der Waals surface area contributed by atoms with Gasteiger partial charge in [-0.15, -0.1) is 0 Å². The van der Waals surface area contributed by atoms with Crippen LogP contribution in [-0.4, -0.2) is 31.8 Å². The molecule has 2 aromatic rings. The van der Waals surface area contributed by atoms with E-state index in [0.717, 1.165) is 5.57 Å². The Morgan fingerprint density at radius 3 is 2.19 bits per heavy atom. The Labute approximate surface area is 181 Å². The second-order valence-corrected chi connectivity index (χ2v) is 7.29. The van der Waals surface area contributed by atoms with Crippen molar-refractivity contribution >= 4 is 17.5 Å². The Kier molecular flexibility index (Phi) is 6.70. The van der Waals surface area contributed by atoms with E-state index >= 15 is 0 Å². The maximum Gasteiger partial charge on any atom is 0.338 e. The molecule has 0 amide bonds. The van der Waals surface area contributed by atoms with Gasteiger partial charge in [0, 0.05) is 12.0 Å². The van der Waals surface area contributed by atoms with Gasteiger partial charge in [0.2, 0.25) is 0 Å². The number of methoxy groups -OCH3 is 2. The molecule has 1 aliphatic carbocycles. The molecule has 0 fully saturated rings. The Morgan fingerprint density at radius 1 is 0.968 bits per heavy atom. The Bertz CT molecular complexity index is 1070. The monoisotopic (exact) mass is 420 g/mol. The number of esters is 1. The first-order valence-corrected chi connectivity index (χ1v) is 9.82. The number of allylic oxidation sites excluding steroid dienone is 3. The molecule has 0 spiro atoms. The molecular weight excluding hydrogens is 396 g/mol. The van der Waals surface area contributed by atoms with Gasteiger partial charge in [-0.2, -0.15) is 0 Å². The molecule has 1 aliphatic rings. The second-order valence-electron chi connectivity index (χ2n) is 7.29. The average molecular weight is 420 g/mol. The van der Waals surface area contributed by atoms with Crippen molar-refractivity contribution in [2.24, 2.45) is 0 Å². The SMILES string of the molecule is COc1cc([C@@H](CC=C(C)C)OC(=O)c2ccccc2)c(OC)c2c1C(=O)C=CC2=O. The molecule has 0 radical (unpaired) electrons. The van der Waals surface area contributed by atoms with E-state index in [1.807, 2.05) is 26.0 Å². The first-order chi connectivity index (χ1) is 14.9. The van der Waals surface area contributed by atoms with Crippen LogP contribution in [0.4, 0.5) is 0 Å². The summed E-state index contributed by atoms with van der Waals surface area (Å²) in [6, 6.07) is 10.2. The van der Waals surface area contributed by atoms with Crippen molar-refractivity contribution in [1.82, 2.24) is 0 Å². The summed E-state index contributed by atoms with van der Waals surface area (Å²) in [5.74, 6) is -0.799. The summed E-state index contributed by atoms with van der Waals surface area (Å²) in [5.41, 5.74) is 2.16. The van der Waals surface area contributed by atoms with Gasteiger partial charge in [-0.25, -0.2) is 4.79 Å². The largest absolute Gasteiger partial charge is 0.496 e. The zero-order valence-corrected chi connectivity index (χ0v) is 17.9. The molecular formula is C25H24O6. The van der Waals surface area contributed by atoms with E-state index in [0.29, 0.717) is 17.5 Å². The summed E-state index contributed by atoms with van der Waals surface area (Å²) in [5, 5.41) is 0. The van der Waals surface area contributed by atoms with Crippen molar-refractivity contribution in [1.29, 1.82) is 0 Å². The van der Waals surface area contributed by atoms with Crippen LogP contribution < -0.4 is 9.47 Å². The van der Waals surface area contributed by atoms with Crippen molar-refractivity contribution in [2.75, 3.05) is 14.2 Å².